The first-order valence-corrected chi connectivity index (χ1v) is 5.07. The Morgan fingerprint density at radius 2 is 2.00 bits per heavy atom. The zero-order chi connectivity index (χ0) is 12.3. The Labute approximate surface area is 98.3 Å². The van der Waals surface area contributed by atoms with E-state index in [4.69, 9.17) is 17.3 Å². The van der Waals surface area contributed by atoms with Crippen molar-refractivity contribution >= 4 is 29.0 Å². The lowest BCUT2D eigenvalue weighted by atomic mass is 10.0. The molecule has 1 unspecified atom stereocenters. The zero-order valence-electron chi connectivity index (χ0n) is 8.99. The lowest BCUT2D eigenvalue weighted by Crippen LogP contribution is -2.16. The first kappa shape index (κ1) is 12.5. The molecule has 0 aliphatic rings. The third kappa shape index (κ3) is 2.52. The topological polar surface area (TPSA) is 69.4 Å². The van der Waals surface area contributed by atoms with Gasteiger partial charge in [-0.05, 0) is 25.1 Å². The largest absolute Gasteiger partial charge is 0.465 e. The van der Waals surface area contributed by atoms with Gasteiger partial charge in [0.2, 0.25) is 0 Å². The van der Waals surface area contributed by atoms with E-state index in [1.807, 2.05) is 0 Å². The van der Waals surface area contributed by atoms with Crippen molar-refractivity contribution in [3.8, 4) is 0 Å². The highest BCUT2D eigenvalue weighted by Gasteiger charge is 2.20. The highest BCUT2D eigenvalue weighted by atomic mass is 35.5. The van der Waals surface area contributed by atoms with E-state index in [1.54, 1.807) is 0 Å². The van der Waals surface area contributed by atoms with Crippen molar-refractivity contribution in [1.29, 1.82) is 0 Å². The van der Waals surface area contributed by atoms with E-state index in [9.17, 15) is 9.59 Å². The molecule has 0 heterocycles. The maximum atomic E-state index is 11.7. The smallest absolute Gasteiger partial charge is 0.338 e. The number of ether oxygens (including phenoxy) is 1. The Morgan fingerprint density at radius 1 is 1.38 bits per heavy atom. The molecule has 0 aromatic heterocycles. The molecule has 5 heteroatoms. The Kier molecular flexibility index (Phi) is 3.90. The van der Waals surface area contributed by atoms with Crippen molar-refractivity contribution in [3.63, 3.8) is 0 Å². The fraction of sp³-hybridized carbons (Fsp3) is 0.273. The summed E-state index contributed by atoms with van der Waals surface area (Å²) in [6.07, 6.45) is 0. The number of Topliss-reactive ketones (excluding diaryl/α,β-unsaturated/α-hetero) is 1. The summed E-state index contributed by atoms with van der Waals surface area (Å²) < 4.78 is 4.57. The number of ketones is 1. The Morgan fingerprint density at radius 3 is 2.50 bits per heavy atom. The Bertz CT molecular complexity index is 429. The van der Waals surface area contributed by atoms with Gasteiger partial charge in [-0.3, -0.25) is 4.79 Å². The number of benzene rings is 1. The monoisotopic (exact) mass is 241 g/mol. The van der Waals surface area contributed by atoms with E-state index in [-0.39, 0.29) is 16.9 Å². The van der Waals surface area contributed by atoms with Crippen LogP contribution in [0.3, 0.4) is 0 Å². The molecular weight excluding hydrogens is 230 g/mol. The summed E-state index contributed by atoms with van der Waals surface area (Å²) >= 11 is 5.69. The number of carbonyl (C=O) groups excluding carboxylic acids is 2. The number of anilines is 1. The van der Waals surface area contributed by atoms with Gasteiger partial charge in [-0.15, -0.1) is 11.6 Å². The van der Waals surface area contributed by atoms with Crippen molar-refractivity contribution in [3.05, 3.63) is 29.3 Å². The predicted octanol–water partition coefficient (Wildman–Crippen LogP) is 1.87. The maximum Gasteiger partial charge on any atom is 0.338 e. The number of nitrogens with two attached hydrogens (primary N) is 1. The van der Waals surface area contributed by atoms with E-state index in [0.717, 1.165) is 0 Å². The third-order valence-electron chi connectivity index (χ3n) is 2.08. The van der Waals surface area contributed by atoms with Gasteiger partial charge in [-0.2, -0.15) is 0 Å². The minimum Gasteiger partial charge on any atom is -0.465 e. The van der Waals surface area contributed by atoms with Gasteiger partial charge in [0, 0.05) is 11.3 Å². The van der Waals surface area contributed by atoms with E-state index in [0.29, 0.717) is 5.69 Å². The van der Waals surface area contributed by atoms with Gasteiger partial charge in [0.1, 0.15) is 0 Å². The van der Waals surface area contributed by atoms with Gasteiger partial charge in [0.05, 0.1) is 18.1 Å². The Hall–Kier alpha value is -1.55. The standard InChI is InChI=1S/C11H12ClNO3/c1-6(12)10(14)9-5-7(13)3-4-8(9)11(15)16-2/h3-6H,13H2,1-2H3. The summed E-state index contributed by atoms with van der Waals surface area (Å²) in [5.74, 6) is -0.935. The molecule has 1 aromatic carbocycles. The Balaban J connectivity index is 3.29. The molecule has 86 valence electrons. The van der Waals surface area contributed by atoms with Crippen LogP contribution in [-0.2, 0) is 4.74 Å². The number of esters is 1. The first-order chi connectivity index (χ1) is 7.47. The van der Waals surface area contributed by atoms with E-state index < -0.39 is 11.3 Å². The van der Waals surface area contributed by atoms with Crippen molar-refractivity contribution in [2.24, 2.45) is 0 Å². The molecule has 0 amide bonds. The molecule has 2 N–H and O–H groups in total. The molecule has 1 rings (SSSR count). The first-order valence-electron chi connectivity index (χ1n) is 4.63. The molecule has 0 saturated carbocycles. The van der Waals surface area contributed by atoms with Crippen molar-refractivity contribution in [2.45, 2.75) is 12.3 Å². The SMILES string of the molecule is COC(=O)c1ccc(N)cc1C(=O)C(C)Cl. The minimum atomic E-state index is -0.717. The number of rotatable bonds is 3. The molecule has 4 nitrogen and oxygen atoms in total. The number of hydrogen-bond donors (Lipinski definition) is 1. The summed E-state index contributed by atoms with van der Waals surface area (Å²) in [6.45, 7) is 1.54. The molecule has 1 atom stereocenters. The predicted molar refractivity (Wildman–Crippen MR) is 61.8 cm³/mol. The van der Waals surface area contributed by atoms with Gasteiger partial charge in [-0.1, -0.05) is 0 Å². The molecule has 0 bridgehead atoms. The second-order valence-corrected chi connectivity index (χ2v) is 3.93. The molecule has 0 saturated heterocycles. The molecule has 0 fully saturated rings. The van der Waals surface area contributed by atoms with Crippen LogP contribution in [0.25, 0.3) is 0 Å². The van der Waals surface area contributed by atoms with E-state index in [1.165, 1.54) is 32.2 Å². The van der Waals surface area contributed by atoms with E-state index in [2.05, 4.69) is 4.74 Å². The van der Waals surface area contributed by atoms with Crippen LogP contribution in [-0.4, -0.2) is 24.2 Å². The second-order valence-electron chi connectivity index (χ2n) is 3.28. The van der Waals surface area contributed by atoms with Crippen molar-refractivity contribution in [2.75, 3.05) is 12.8 Å². The average molecular weight is 242 g/mol. The summed E-state index contributed by atoms with van der Waals surface area (Å²) in [6, 6.07) is 4.41. The van der Waals surface area contributed by atoms with E-state index >= 15 is 0 Å². The quantitative estimate of drug-likeness (QED) is 0.380. The van der Waals surface area contributed by atoms with Crippen molar-refractivity contribution < 1.29 is 14.3 Å². The highest BCUT2D eigenvalue weighted by molar-refractivity contribution is 6.34. The fourth-order valence-electron chi connectivity index (χ4n) is 1.27. The summed E-state index contributed by atoms with van der Waals surface area (Å²) in [7, 11) is 1.25. The van der Waals surface area contributed by atoms with Gasteiger partial charge in [0.25, 0.3) is 0 Å². The van der Waals surface area contributed by atoms with Gasteiger partial charge >= 0.3 is 5.97 Å². The molecule has 16 heavy (non-hydrogen) atoms. The molecular formula is C11H12ClNO3. The van der Waals surface area contributed by atoms with Crippen LogP contribution in [0.15, 0.2) is 18.2 Å². The summed E-state index contributed by atoms with van der Waals surface area (Å²) in [4.78, 5) is 23.2. The number of alkyl halides is 1. The van der Waals surface area contributed by atoms with Crippen LogP contribution in [0.4, 0.5) is 5.69 Å². The van der Waals surface area contributed by atoms with Crippen LogP contribution < -0.4 is 5.73 Å². The lowest BCUT2D eigenvalue weighted by Gasteiger charge is -2.09. The third-order valence-corrected chi connectivity index (χ3v) is 2.27. The summed E-state index contributed by atoms with van der Waals surface area (Å²) in [5, 5.41) is -0.717. The normalized spacial score (nSPS) is 11.9. The maximum absolute atomic E-state index is 11.7. The second kappa shape index (κ2) is 4.99. The minimum absolute atomic E-state index is 0.175. The van der Waals surface area contributed by atoms with Crippen molar-refractivity contribution in [1.82, 2.24) is 0 Å². The fourth-order valence-corrected chi connectivity index (χ4v) is 1.39. The van der Waals surface area contributed by atoms with Gasteiger partial charge < -0.3 is 10.5 Å². The highest BCUT2D eigenvalue weighted by Crippen LogP contribution is 2.18. The molecule has 0 aliphatic carbocycles. The van der Waals surface area contributed by atoms with Crippen LogP contribution in [0, 0.1) is 0 Å². The molecule has 1 aromatic rings. The number of halogens is 1. The number of methoxy groups -OCH3 is 1. The number of carbonyl (C=O) groups is 2. The summed E-state index contributed by atoms with van der Waals surface area (Å²) in [5.41, 5.74) is 6.32. The van der Waals surface area contributed by atoms with Crippen LogP contribution in [0.1, 0.15) is 27.6 Å². The van der Waals surface area contributed by atoms with Crippen LogP contribution >= 0.6 is 11.6 Å². The lowest BCUT2D eigenvalue weighted by molar-refractivity contribution is 0.0597. The molecule has 0 aliphatic heterocycles. The zero-order valence-corrected chi connectivity index (χ0v) is 9.75. The van der Waals surface area contributed by atoms with Crippen LogP contribution in [0.5, 0.6) is 0 Å². The molecule has 0 spiro atoms. The van der Waals surface area contributed by atoms with Gasteiger partial charge in [-0.25, -0.2) is 4.79 Å². The number of hydrogen-bond acceptors (Lipinski definition) is 4. The van der Waals surface area contributed by atoms with Gasteiger partial charge in [0.15, 0.2) is 5.78 Å². The number of nitrogen functional groups attached to an aromatic ring is 1. The molecule has 0 radical (unpaired) electrons. The van der Waals surface area contributed by atoms with Crippen LogP contribution in [0.2, 0.25) is 0 Å². The average Bonchev–Trinajstić information content (AvgIpc) is 2.26.